The molecule has 0 aliphatic heterocycles. The van der Waals surface area contributed by atoms with Crippen LogP contribution in [0.15, 0.2) is 35.7 Å². The molecule has 2 amide bonds. The van der Waals surface area contributed by atoms with Gasteiger partial charge in [0.15, 0.2) is 0 Å². The van der Waals surface area contributed by atoms with Crippen LogP contribution < -0.4 is 20.1 Å². The Morgan fingerprint density at radius 1 is 1.12 bits per heavy atom. The lowest BCUT2D eigenvalue weighted by atomic mass is 10.2. The summed E-state index contributed by atoms with van der Waals surface area (Å²) >= 11 is 1.39. The fraction of sp³-hybridized carbons (Fsp3) is 0.368. The topological polar surface area (TPSA) is 76.7 Å². The highest BCUT2D eigenvalue weighted by atomic mass is 32.1. The zero-order valence-electron chi connectivity index (χ0n) is 15.0. The molecule has 2 rings (SSSR count). The summed E-state index contributed by atoms with van der Waals surface area (Å²) in [5.74, 6) is 1.04. The van der Waals surface area contributed by atoms with Gasteiger partial charge in [0.25, 0.3) is 5.91 Å². The highest BCUT2D eigenvalue weighted by molar-refractivity contribution is 7.12. The molecule has 0 saturated heterocycles. The lowest BCUT2D eigenvalue weighted by Crippen LogP contribution is -2.24. The third-order valence-corrected chi connectivity index (χ3v) is 4.32. The monoisotopic (exact) mass is 376 g/mol. The third kappa shape index (κ3) is 6.07. The van der Waals surface area contributed by atoms with Gasteiger partial charge in [-0.15, -0.1) is 11.3 Å². The van der Waals surface area contributed by atoms with Gasteiger partial charge in [-0.3, -0.25) is 9.59 Å². The quantitative estimate of drug-likeness (QED) is 0.620. The summed E-state index contributed by atoms with van der Waals surface area (Å²) in [4.78, 5) is 24.7. The Morgan fingerprint density at radius 3 is 2.62 bits per heavy atom. The molecule has 0 radical (unpaired) electrons. The van der Waals surface area contributed by atoms with Crippen molar-refractivity contribution in [2.75, 3.05) is 25.1 Å². The lowest BCUT2D eigenvalue weighted by molar-refractivity contribution is -0.116. The van der Waals surface area contributed by atoms with Gasteiger partial charge in [0.2, 0.25) is 5.91 Å². The van der Waals surface area contributed by atoms with E-state index in [1.165, 1.54) is 11.3 Å². The van der Waals surface area contributed by atoms with Crippen LogP contribution in [0, 0.1) is 0 Å². The number of hydrogen-bond donors (Lipinski definition) is 2. The first-order chi connectivity index (χ1) is 12.6. The molecule has 26 heavy (non-hydrogen) atoms. The number of thiophene rings is 1. The van der Waals surface area contributed by atoms with E-state index in [0.717, 1.165) is 0 Å². The van der Waals surface area contributed by atoms with Crippen molar-refractivity contribution >= 4 is 28.8 Å². The second-order valence-electron chi connectivity index (χ2n) is 5.41. The lowest BCUT2D eigenvalue weighted by Gasteiger charge is -2.13. The molecule has 0 unspecified atom stereocenters. The highest BCUT2D eigenvalue weighted by Crippen LogP contribution is 2.29. The standard InChI is InChI=1S/C19H24N2O4S/c1-3-24-14-9-10-16(25-4-2)15(13-14)21-18(22)8-5-11-20-19(23)17-7-6-12-26-17/h6-7,9-10,12-13H,3-5,8,11H2,1-2H3,(H,20,23)(H,21,22). The summed E-state index contributed by atoms with van der Waals surface area (Å²) in [6.07, 6.45) is 0.854. The van der Waals surface area contributed by atoms with Crippen molar-refractivity contribution in [3.63, 3.8) is 0 Å². The van der Waals surface area contributed by atoms with Crippen molar-refractivity contribution in [3.8, 4) is 11.5 Å². The summed E-state index contributed by atoms with van der Waals surface area (Å²) in [5.41, 5.74) is 0.588. The van der Waals surface area contributed by atoms with Gasteiger partial charge in [-0.05, 0) is 43.8 Å². The summed E-state index contributed by atoms with van der Waals surface area (Å²) in [5, 5.41) is 7.52. The van der Waals surface area contributed by atoms with Gasteiger partial charge in [-0.1, -0.05) is 6.07 Å². The summed E-state index contributed by atoms with van der Waals surface area (Å²) in [6, 6.07) is 8.95. The van der Waals surface area contributed by atoms with E-state index in [4.69, 9.17) is 9.47 Å². The Hall–Kier alpha value is -2.54. The van der Waals surface area contributed by atoms with E-state index in [1.807, 2.05) is 31.4 Å². The number of amides is 2. The first kappa shape index (κ1) is 19.8. The third-order valence-electron chi connectivity index (χ3n) is 3.45. The van der Waals surface area contributed by atoms with Gasteiger partial charge in [0, 0.05) is 19.0 Å². The Bertz CT molecular complexity index is 716. The van der Waals surface area contributed by atoms with Crippen LogP contribution >= 0.6 is 11.3 Å². The van der Waals surface area contributed by atoms with Crippen LogP contribution in [0.4, 0.5) is 5.69 Å². The maximum atomic E-state index is 12.2. The molecule has 0 atom stereocenters. The molecule has 1 heterocycles. The van der Waals surface area contributed by atoms with E-state index in [9.17, 15) is 9.59 Å². The normalized spacial score (nSPS) is 10.2. The van der Waals surface area contributed by atoms with Crippen molar-refractivity contribution in [2.45, 2.75) is 26.7 Å². The second-order valence-corrected chi connectivity index (χ2v) is 6.36. The van der Waals surface area contributed by atoms with E-state index in [2.05, 4.69) is 10.6 Å². The minimum atomic E-state index is -0.134. The molecule has 2 N–H and O–H groups in total. The fourth-order valence-electron chi connectivity index (χ4n) is 2.30. The van der Waals surface area contributed by atoms with Crippen molar-refractivity contribution in [3.05, 3.63) is 40.6 Å². The molecule has 7 heteroatoms. The zero-order valence-corrected chi connectivity index (χ0v) is 15.9. The Morgan fingerprint density at radius 2 is 1.92 bits per heavy atom. The number of hydrogen-bond acceptors (Lipinski definition) is 5. The van der Waals surface area contributed by atoms with Crippen LogP contribution in [0.5, 0.6) is 11.5 Å². The molecular formula is C19H24N2O4S. The van der Waals surface area contributed by atoms with Gasteiger partial charge in [-0.25, -0.2) is 0 Å². The molecule has 0 aliphatic carbocycles. The molecule has 2 aromatic rings. The molecule has 0 bridgehead atoms. The van der Waals surface area contributed by atoms with Crippen molar-refractivity contribution in [2.24, 2.45) is 0 Å². The summed E-state index contributed by atoms with van der Waals surface area (Å²) < 4.78 is 11.0. The smallest absolute Gasteiger partial charge is 0.261 e. The van der Waals surface area contributed by atoms with Gasteiger partial charge in [-0.2, -0.15) is 0 Å². The number of carbonyl (C=O) groups is 2. The van der Waals surface area contributed by atoms with Crippen LogP contribution in [0.3, 0.4) is 0 Å². The van der Waals surface area contributed by atoms with Crippen LogP contribution in [0.1, 0.15) is 36.4 Å². The maximum absolute atomic E-state index is 12.2. The first-order valence-corrected chi connectivity index (χ1v) is 9.53. The fourth-order valence-corrected chi connectivity index (χ4v) is 2.94. The molecule has 0 fully saturated rings. The van der Waals surface area contributed by atoms with E-state index in [0.29, 0.717) is 54.7 Å². The predicted octanol–water partition coefficient (Wildman–Crippen LogP) is 3.69. The molecule has 1 aromatic heterocycles. The van der Waals surface area contributed by atoms with Crippen LogP contribution in [0.25, 0.3) is 0 Å². The molecule has 0 aliphatic rings. The van der Waals surface area contributed by atoms with Crippen molar-refractivity contribution in [1.82, 2.24) is 5.32 Å². The van der Waals surface area contributed by atoms with Gasteiger partial charge in [0.1, 0.15) is 11.5 Å². The number of benzene rings is 1. The predicted molar refractivity (Wildman–Crippen MR) is 103 cm³/mol. The first-order valence-electron chi connectivity index (χ1n) is 8.65. The molecule has 0 spiro atoms. The Labute approximate surface area is 157 Å². The minimum absolute atomic E-state index is 0.108. The summed E-state index contributed by atoms with van der Waals surface area (Å²) in [6.45, 7) is 5.29. The van der Waals surface area contributed by atoms with Crippen LogP contribution in [0.2, 0.25) is 0 Å². The van der Waals surface area contributed by atoms with E-state index in [1.54, 1.807) is 18.2 Å². The van der Waals surface area contributed by atoms with Crippen molar-refractivity contribution in [1.29, 1.82) is 0 Å². The van der Waals surface area contributed by atoms with Crippen LogP contribution in [-0.4, -0.2) is 31.6 Å². The summed E-state index contributed by atoms with van der Waals surface area (Å²) in [7, 11) is 0. The van der Waals surface area contributed by atoms with Gasteiger partial charge < -0.3 is 20.1 Å². The average Bonchev–Trinajstić information content (AvgIpc) is 3.16. The zero-order chi connectivity index (χ0) is 18.8. The molecule has 0 saturated carbocycles. The SMILES string of the molecule is CCOc1ccc(OCC)c(NC(=O)CCCNC(=O)c2cccs2)c1. The molecule has 1 aromatic carbocycles. The number of carbonyl (C=O) groups excluding carboxylic acids is 2. The highest BCUT2D eigenvalue weighted by Gasteiger charge is 2.10. The largest absolute Gasteiger partial charge is 0.494 e. The van der Waals surface area contributed by atoms with Gasteiger partial charge in [0.05, 0.1) is 23.8 Å². The Kier molecular flexibility index (Phi) is 7.95. The number of ether oxygens (including phenoxy) is 2. The van der Waals surface area contributed by atoms with E-state index < -0.39 is 0 Å². The minimum Gasteiger partial charge on any atom is -0.494 e. The molecule has 140 valence electrons. The average molecular weight is 376 g/mol. The maximum Gasteiger partial charge on any atom is 0.261 e. The Balaban J connectivity index is 1.82. The van der Waals surface area contributed by atoms with E-state index >= 15 is 0 Å². The molecular weight excluding hydrogens is 352 g/mol. The van der Waals surface area contributed by atoms with Crippen LogP contribution in [-0.2, 0) is 4.79 Å². The second kappa shape index (κ2) is 10.5. The molecule has 6 nitrogen and oxygen atoms in total. The number of rotatable bonds is 10. The van der Waals surface area contributed by atoms with Gasteiger partial charge >= 0.3 is 0 Å². The van der Waals surface area contributed by atoms with Crippen molar-refractivity contribution < 1.29 is 19.1 Å². The number of nitrogens with one attached hydrogen (secondary N) is 2. The number of anilines is 1. The van der Waals surface area contributed by atoms with E-state index in [-0.39, 0.29) is 11.8 Å².